The fourth-order valence-electron chi connectivity index (χ4n) is 0.730. The number of carbonyl (C=O) groups is 1. The average Bonchev–Trinajstić information content (AvgIpc) is 2.01. The van der Waals surface area contributed by atoms with Crippen LogP contribution in [0.4, 0.5) is 0 Å². The molecule has 0 unspecified atom stereocenters. The molecule has 0 aliphatic heterocycles. The van der Waals surface area contributed by atoms with Crippen LogP contribution in [0.1, 0.15) is 32.6 Å². The third kappa shape index (κ3) is 6.90. The predicted molar refractivity (Wildman–Crippen MR) is 45.6 cm³/mol. The van der Waals surface area contributed by atoms with Crippen LogP contribution in [0.3, 0.4) is 0 Å². The first kappa shape index (κ1) is 10.0. The van der Waals surface area contributed by atoms with Crippen molar-refractivity contribution >= 4 is 5.91 Å². The fourth-order valence-corrected chi connectivity index (χ4v) is 0.730. The molecule has 2 N–H and O–H groups in total. The Morgan fingerprint density at radius 3 is 2.82 bits per heavy atom. The van der Waals surface area contributed by atoms with Crippen LogP contribution in [0.15, 0.2) is 12.8 Å². The number of unbranched alkanes of at least 4 members (excludes halogenated alkanes) is 2. The molecule has 0 aromatic rings. The van der Waals surface area contributed by atoms with Gasteiger partial charge in [0.25, 0.3) is 0 Å². The third-order valence-corrected chi connectivity index (χ3v) is 1.32. The summed E-state index contributed by atoms with van der Waals surface area (Å²) < 4.78 is 0. The molecule has 0 atom stereocenters. The minimum absolute atomic E-state index is 0.0263. The molecule has 11 heavy (non-hydrogen) atoms. The summed E-state index contributed by atoms with van der Waals surface area (Å²) in [4.78, 5) is 10.9. The molecule has 0 fully saturated rings. The van der Waals surface area contributed by atoms with E-state index in [4.69, 9.17) is 0 Å². The Balaban J connectivity index is 3.15. The normalized spacial score (nSPS) is 8.82. The lowest BCUT2D eigenvalue weighted by Crippen LogP contribution is -2.32. The minimum Gasteiger partial charge on any atom is -0.307 e. The van der Waals surface area contributed by atoms with Crippen LogP contribution < -0.4 is 10.9 Å². The van der Waals surface area contributed by atoms with Crippen LogP contribution in [-0.4, -0.2) is 5.91 Å². The van der Waals surface area contributed by atoms with Crippen molar-refractivity contribution in [2.24, 2.45) is 0 Å². The van der Waals surface area contributed by atoms with Gasteiger partial charge in [-0.2, -0.15) is 0 Å². The van der Waals surface area contributed by atoms with Gasteiger partial charge in [0, 0.05) is 12.6 Å². The summed E-state index contributed by atoms with van der Waals surface area (Å²) in [7, 11) is 0. The van der Waals surface area contributed by atoms with E-state index in [1.807, 2.05) is 0 Å². The molecule has 3 heteroatoms. The molecule has 1 amide bonds. The highest BCUT2D eigenvalue weighted by molar-refractivity contribution is 5.75. The molecule has 0 aromatic heterocycles. The van der Waals surface area contributed by atoms with Gasteiger partial charge >= 0.3 is 0 Å². The van der Waals surface area contributed by atoms with Crippen LogP contribution in [0.5, 0.6) is 0 Å². The molecule has 0 aliphatic carbocycles. The van der Waals surface area contributed by atoms with Crippen LogP contribution in [0.25, 0.3) is 0 Å². The highest BCUT2D eigenvalue weighted by Gasteiger charge is 1.96. The maximum Gasteiger partial charge on any atom is 0.238 e. The average molecular weight is 156 g/mol. The van der Waals surface area contributed by atoms with Gasteiger partial charge in [-0.05, 0) is 6.42 Å². The summed E-state index contributed by atoms with van der Waals surface area (Å²) in [6.07, 6.45) is 5.25. The molecule has 3 nitrogen and oxygen atoms in total. The summed E-state index contributed by atoms with van der Waals surface area (Å²) in [5.41, 5.74) is 5.02. The van der Waals surface area contributed by atoms with Gasteiger partial charge in [-0.25, -0.2) is 0 Å². The van der Waals surface area contributed by atoms with Crippen LogP contribution in [0, 0.1) is 0 Å². The Morgan fingerprint density at radius 1 is 1.55 bits per heavy atom. The number of amides is 1. The number of hydrazine groups is 1. The second-order valence-corrected chi connectivity index (χ2v) is 2.35. The van der Waals surface area contributed by atoms with Crippen LogP contribution in [-0.2, 0) is 4.79 Å². The van der Waals surface area contributed by atoms with E-state index in [1.54, 1.807) is 0 Å². The van der Waals surface area contributed by atoms with Crippen LogP contribution in [0.2, 0.25) is 0 Å². The Hall–Kier alpha value is -0.990. The quantitative estimate of drug-likeness (QED) is 0.450. The standard InChI is InChI=1S/C8H16N2O/c1-3-5-6-7-8(11)10-9-4-2/h4,9H,2-3,5-7H2,1H3,(H,10,11). The fraction of sp³-hybridized carbons (Fsp3) is 0.625. The van der Waals surface area contributed by atoms with E-state index in [0.717, 1.165) is 19.3 Å². The van der Waals surface area contributed by atoms with E-state index < -0.39 is 0 Å². The first-order valence-corrected chi connectivity index (χ1v) is 3.96. The Kier molecular flexibility index (Phi) is 6.48. The smallest absolute Gasteiger partial charge is 0.238 e. The van der Waals surface area contributed by atoms with Gasteiger partial charge in [-0.1, -0.05) is 26.3 Å². The summed E-state index contributed by atoms with van der Waals surface area (Å²) in [5, 5.41) is 0. The van der Waals surface area contributed by atoms with Gasteiger partial charge in [-0.15, -0.1) is 0 Å². The molecule has 0 bridgehead atoms. The summed E-state index contributed by atoms with van der Waals surface area (Å²) in [6.45, 7) is 5.51. The van der Waals surface area contributed by atoms with Crippen molar-refractivity contribution in [3.63, 3.8) is 0 Å². The van der Waals surface area contributed by atoms with E-state index in [2.05, 4.69) is 24.4 Å². The van der Waals surface area contributed by atoms with E-state index >= 15 is 0 Å². The number of rotatable bonds is 6. The monoisotopic (exact) mass is 156 g/mol. The number of carbonyl (C=O) groups excluding carboxylic acids is 1. The molecule has 0 saturated heterocycles. The first-order valence-electron chi connectivity index (χ1n) is 3.96. The lowest BCUT2D eigenvalue weighted by Gasteiger charge is -2.02. The molecule has 0 spiro atoms. The van der Waals surface area contributed by atoms with Gasteiger partial charge in [-0.3, -0.25) is 10.2 Å². The van der Waals surface area contributed by atoms with Gasteiger partial charge in [0.2, 0.25) is 5.91 Å². The van der Waals surface area contributed by atoms with Crippen molar-refractivity contribution in [3.8, 4) is 0 Å². The van der Waals surface area contributed by atoms with Crippen LogP contribution >= 0.6 is 0 Å². The third-order valence-electron chi connectivity index (χ3n) is 1.32. The van der Waals surface area contributed by atoms with Gasteiger partial charge in [0.05, 0.1) is 0 Å². The molecule has 0 saturated carbocycles. The topological polar surface area (TPSA) is 41.1 Å². The van der Waals surface area contributed by atoms with Gasteiger partial charge in [0.1, 0.15) is 0 Å². The minimum atomic E-state index is 0.0263. The van der Waals surface area contributed by atoms with Crippen molar-refractivity contribution < 1.29 is 4.79 Å². The predicted octanol–water partition coefficient (Wildman–Crippen LogP) is 1.33. The Morgan fingerprint density at radius 2 is 2.27 bits per heavy atom. The second kappa shape index (κ2) is 7.12. The van der Waals surface area contributed by atoms with E-state index in [-0.39, 0.29) is 5.91 Å². The van der Waals surface area contributed by atoms with E-state index in [1.165, 1.54) is 6.20 Å². The molecule has 0 aliphatic rings. The zero-order valence-electron chi connectivity index (χ0n) is 7.02. The lowest BCUT2D eigenvalue weighted by atomic mass is 10.2. The molecule has 0 radical (unpaired) electrons. The van der Waals surface area contributed by atoms with Gasteiger partial charge < -0.3 is 5.43 Å². The second-order valence-electron chi connectivity index (χ2n) is 2.35. The largest absolute Gasteiger partial charge is 0.307 e. The lowest BCUT2D eigenvalue weighted by molar-refractivity contribution is -0.121. The van der Waals surface area contributed by atoms with E-state index in [0.29, 0.717) is 6.42 Å². The van der Waals surface area contributed by atoms with Crippen molar-refractivity contribution in [3.05, 3.63) is 12.8 Å². The summed E-state index contributed by atoms with van der Waals surface area (Å²) >= 11 is 0. The molecule has 0 rings (SSSR count). The number of nitrogens with one attached hydrogen (secondary N) is 2. The summed E-state index contributed by atoms with van der Waals surface area (Å²) in [6, 6.07) is 0. The van der Waals surface area contributed by atoms with Crippen molar-refractivity contribution in [2.75, 3.05) is 0 Å². The highest BCUT2D eigenvalue weighted by atomic mass is 16.2. The molecule has 0 heterocycles. The molecular weight excluding hydrogens is 140 g/mol. The number of hydrogen-bond donors (Lipinski definition) is 2. The zero-order valence-corrected chi connectivity index (χ0v) is 7.02. The van der Waals surface area contributed by atoms with Gasteiger partial charge in [0.15, 0.2) is 0 Å². The molecule has 64 valence electrons. The van der Waals surface area contributed by atoms with Crippen molar-refractivity contribution in [1.82, 2.24) is 10.9 Å². The Labute approximate surface area is 67.8 Å². The Bertz CT molecular complexity index is 123. The number of hydrogen-bond acceptors (Lipinski definition) is 2. The van der Waals surface area contributed by atoms with Crippen molar-refractivity contribution in [2.45, 2.75) is 32.6 Å². The SMILES string of the molecule is C=CNNC(=O)CCCCC. The summed E-state index contributed by atoms with van der Waals surface area (Å²) in [5.74, 6) is 0.0263. The first-order chi connectivity index (χ1) is 5.31. The molecule has 0 aromatic carbocycles. The van der Waals surface area contributed by atoms with E-state index in [9.17, 15) is 4.79 Å². The zero-order chi connectivity index (χ0) is 8.53. The highest BCUT2D eigenvalue weighted by Crippen LogP contribution is 1.97. The molecular formula is C8H16N2O. The maximum absolute atomic E-state index is 10.9. The maximum atomic E-state index is 10.9. The van der Waals surface area contributed by atoms with Crippen molar-refractivity contribution in [1.29, 1.82) is 0 Å².